The molecule has 1 aromatic rings. The van der Waals surface area contributed by atoms with Crippen molar-refractivity contribution in [2.75, 3.05) is 39.7 Å². The highest BCUT2D eigenvalue weighted by Crippen LogP contribution is 2.33. The molecule has 1 saturated heterocycles. The lowest BCUT2D eigenvalue weighted by molar-refractivity contribution is 0.0441. The lowest BCUT2D eigenvalue weighted by Crippen LogP contribution is -2.39. The van der Waals surface area contributed by atoms with Gasteiger partial charge in [0.05, 0.1) is 31.8 Å². The molecule has 0 aliphatic carbocycles. The molecule has 1 heterocycles. The van der Waals surface area contributed by atoms with Crippen molar-refractivity contribution in [3.05, 3.63) is 18.2 Å². The van der Waals surface area contributed by atoms with Gasteiger partial charge >= 0.3 is 0 Å². The van der Waals surface area contributed by atoms with Gasteiger partial charge in [-0.25, -0.2) is 0 Å². The van der Waals surface area contributed by atoms with E-state index in [9.17, 15) is 0 Å². The Kier molecular flexibility index (Phi) is 5.16. The molecular formula is C13H19NO3S. The first-order valence-corrected chi connectivity index (χ1v) is 6.99. The second-order valence-corrected chi connectivity index (χ2v) is 5.09. The van der Waals surface area contributed by atoms with Crippen LogP contribution < -0.4 is 14.8 Å². The van der Waals surface area contributed by atoms with Crippen molar-refractivity contribution < 1.29 is 14.2 Å². The number of thioether (sulfide) groups is 1. The lowest BCUT2D eigenvalue weighted by Gasteiger charge is -2.23. The predicted molar refractivity (Wildman–Crippen MR) is 72.9 cm³/mol. The number of benzene rings is 1. The second kappa shape index (κ2) is 6.87. The van der Waals surface area contributed by atoms with Crippen LogP contribution in [0.2, 0.25) is 0 Å². The summed E-state index contributed by atoms with van der Waals surface area (Å²) < 4.78 is 16.3. The quantitative estimate of drug-likeness (QED) is 0.825. The summed E-state index contributed by atoms with van der Waals surface area (Å²) >= 11 is 1.74. The highest BCUT2D eigenvalue weighted by molar-refractivity contribution is 7.99. The van der Waals surface area contributed by atoms with Gasteiger partial charge in [-0.2, -0.15) is 0 Å². The van der Waals surface area contributed by atoms with Crippen LogP contribution in [0.1, 0.15) is 0 Å². The normalized spacial score (nSPS) is 19.6. The Morgan fingerprint density at radius 1 is 1.39 bits per heavy atom. The van der Waals surface area contributed by atoms with E-state index in [1.165, 1.54) is 0 Å². The van der Waals surface area contributed by atoms with Gasteiger partial charge < -0.3 is 19.5 Å². The molecule has 18 heavy (non-hydrogen) atoms. The highest BCUT2D eigenvalue weighted by Gasteiger charge is 2.15. The first-order valence-electron chi connectivity index (χ1n) is 6.00. The van der Waals surface area contributed by atoms with E-state index in [2.05, 4.69) is 5.32 Å². The number of hydrogen-bond acceptors (Lipinski definition) is 5. The maximum absolute atomic E-state index is 5.67. The number of morpholine rings is 1. The van der Waals surface area contributed by atoms with Crippen molar-refractivity contribution in [2.24, 2.45) is 0 Å². The molecule has 1 fully saturated rings. The molecule has 0 saturated carbocycles. The van der Waals surface area contributed by atoms with E-state index in [4.69, 9.17) is 14.2 Å². The van der Waals surface area contributed by atoms with Gasteiger partial charge in [0.15, 0.2) is 0 Å². The third-order valence-electron chi connectivity index (χ3n) is 2.80. The topological polar surface area (TPSA) is 39.7 Å². The van der Waals surface area contributed by atoms with Crippen LogP contribution in [-0.4, -0.2) is 45.8 Å². The molecule has 0 amide bonds. The van der Waals surface area contributed by atoms with Crippen molar-refractivity contribution in [1.29, 1.82) is 0 Å². The molecule has 0 radical (unpaired) electrons. The Balaban J connectivity index is 1.97. The number of ether oxygens (including phenoxy) is 3. The van der Waals surface area contributed by atoms with E-state index in [1.54, 1.807) is 26.0 Å². The molecule has 100 valence electrons. The molecule has 1 N–H and O–H groups in total. The zero-order valence-electron chi connectivity index (χ0n) is 10.8. The fraction of sp³-hybridized carbons (Fsp3) is 0.538. The Morgan fingerprint density at radius 2 is 2.28 bits per heavy atom. The zero-order valence-corrected chi connectivity index (χ0v) is 11.6. The largest absolute Gasteiger partial charge is 0.497 e. The Hall–Kier alpha value is -0.910. The van der Waals surface area contributed by atoms with Crippen molar-refractivity contribution in [2.45, 2.75) is 11.0 Å². The molecule has 1 aliphatic heterocycles. The standard InChI is InChI=1S/C13H19NO3S/c1-15-10-3-4-12(16-2)13(7-10)18-9-11-8-14-5-6-17-11/h3-4,7,11,14H,5-6,8-9H2,1-2H3. The molecule has 1 atom stereocenters. The van der Waals surface area contributed by atoms with Crippen LogP contribution in [0.4, 0.5) is 0 Å². The third kappa shape index (κ3) is 3.54. The predicted octanol–water partition coefficient (Wildman–Crippen LogP) is 1.78. The second-order valence-electron chi connectivity index (χ2n) is 4.02. The highest BCUT2D eigenvalue weighted by atomic mass is 32.2. The van der Waals surface area contributed by atoms with Gasteiger partial charge in [-0.15, -0.1) is 11.8 Å². The number of rotatable bonds is 5. The van der Waals surface area contributed by atoms with Crippen molar-refractivity contribution in [3.63, 3.8) is 0 Å². The molecule has 0 spiro atoms. The summed E-state index contributed by atoms with van der Waals surface area (Å²) in [5, 5.41) is 3.33. The first-order chi connectivity index (χ1) is 8.83. The SMILES string of the molecule is COc1ccc(OC)c(SCC2CNCCO2)c1. The summed E-state index contributed by atoms with van der Waals surface area (Å²) in [6.07, 6.45) is 0.264. The monoisotopic (exact) mass is 269 g/mol. The first kappa shape index (κ1) is 13.5. The van der Waals surface area contributed by atoms with Gasteiger partial charge in [0.2, 0.25) is 0 Å². The fourth-order valence-corrected chi connectivity index (χ4v) is 2.88. The molecule has 0 bridgehead atoms. The Morgan fingerprint density at radius 3 is 2.94 bits per heavy atom. The lowest BCUT2D eigenvalue weighted by atomic mass is 10.3. The molecule has 5 heteroatoms. The van der Waals surface area contributed by atoms with Crippen LogP contribution in [0.5, 0.6) is 11.5 Å². The Bertz CT molecular complexity index is 380. The number of hydrogen-bond donors (Lipinski definition) is 1. The summed E-state index contributed by atoms with van der Waals surface area (Å²) in [5.41, 5.74) is 0. The van der Waals surface area contributed by atoms with E-state index in [0.717, 1.165) is 41.8 Å². The van der Waals surface area contributed by atoms with E-state index in [-0.39, 0.29) is 6.10 Å². The van der Waals surface area contributed by atoms with Crippen LogP contribution in [0.25, 0.3) is 0 Å². The summed E-state index contributed by atoms with van der Waals surface area (Å²) in [6.45, 7) is 2.66. The number of nitrogens with one attached hydrogen (secondary N) is 1. The van der Waals surface area contributed by atoms with E-state index in [0.29, 0.717) is 0 Å². The van der Waals surface area contributed by atoms with Crippen LogP contribution in [-0.2, 0) is 4.74 Å². The fourth-order valence-electron chi connectivity index (χ4n) is 1.81. The van der Waals surface area contributed by atoms with Crippen molar-refractivity contribution in [1.82, 2.24) is 5.32 Å². The maximum atomic E-state index is 5.67. The van der Waals surface area contributed by atoms with Gasteiger partial charge in [-0.3, -0.25) is 0 Å². The molecule has 1 aliphatic rings. The smallest absolute Gasteiger partial charge is 0.132 e. The molecule has 2 rings (SSSR count). The van der Waals surface area contributed by atoms with E-state index >= 15 is 0 Å². The molecule has 4 nitrogen and oxygen atoms in total. The van der Waals surface area contributed by atoms with Crippen molar-refractivity contribution >= 4 is 11.8 Å². The molecule has 0 aromatic heterocycles. The van der Waals surface area contributed by atoms with Crippen LogP contribution in [0.3, 0.4) is 0 Å². The van der Waals surface area contributed by atoms with Gasteiger partial charge in [0, 0.05) is 18.8 Å². The summed E-state index contributed by atoms with van der Waals surface area (Å²) in [6, 6.07) is 5.84. The van der Waals surface area contributed by atoms with Crippen LogP contribution in [0, 0.1) is 0 Å². The summed E-state index contributed by atoms with van der Waals surface area (Å²) in [4.78, 5) is 1.09. The number of methoxy groups -OCH3 is 2. The molecule has 1 unspecified atom stereocenters. The summed E-state index contributed by atoms with van der Waals surface area (Å²) in [7, 11) is 3.36. The van der Waals surface area contributed by atoms with Crippen LogP contribution >= 0.6 is 11.8 Å². The summed E-state index contributed by atoms with van der Waals surface area (Å²) in [5.74, 6) is 2.64. The van der Waals surface area contributed by atoms with E-state index < -0.39 is 0 Å². The van der Waals surface area contributed by atoms with E-state index in [1.807, 2.05) is 18.2 Å². The average molecular weight is 269 g/mol. The molecular weight excluding hydrogens is 250 g/mol. The third-order valence-corrected chi connectivity index (χ3v) is 3.97. The molecule has 1 aromatic carbocycles. The average Bonchev–Trinajstić information content (AvgIpc) is 2.45. The minimum Gasteiger partial charge on any atom is -0.497 e. The minimum absolute atomic E-state index is 0.264. The van der Waals surface area contributed by atoms with Gasteiger partial charge in [0.25, 0.3) is 0 Å². The maximum Gasteiger partial charge on any atom is 0.132 e. The zero-order chi connectivity index (χ0) is 12.8. The Labute approximate surface area is 112 Å². The van der Waals surface area contributed by atoms with Gasteiger partial charge in [-0.05, 0) is 18.2 Å². The van der Waals surface area contributed by atoms with Gasteiger partial charge in [0.1, 0.15) is 11.5 Å². The van der Waals surface area contributed by atoms with Gasteiger partial charge in [-0.1, -0.05) is 0 Å². The van der Waals surface area contributed by atoms with Crippen LogP contribution in [0.15, 0.2) is 23.1 Å². The minimum atomic E-state index is 0.264. The van der Waals surface area contributed by atoms with Crippen molar-refractivity contribution in [3.8, 4) is 11.5 Å².